The van der Waals surface area contributed by atoms with Gasteiger partial charge < -0.3 is 10.6 Å². The second-order valence-corrected chi connectivity index (χ2v) is 6.00. The molecule has 2 aromatic carbocycles. The highest BCUT2D eigenvalue weighted by Gasteiger charge is 2.05. The van der Waals surface area contributed by atoms with Gasteiger partial charge in [-0.25, -0.2) is 9.97 Å². The maximum absolute atomic E-state index is 9.01. The first-order valence-corrected chi connectivity index (χ1v) is 8.00. The van der Waals surface area contributed by atoms with Gasteiger partial charge in [0, 0.05) is 17.4 Å². The summed E-state index contributed by atoms with van der Waals surface area (Å²) in [5.74, 6) is 2.05. The van der Waals surface area contributed by atoms with Gasteiger partial charge in [0.15, 0.2) is 0 Å². The van der Waals surface area contributed by atoms with Crippen LogP contribution in [0.15, 0.2) is 48.5 Å². The summed E-state index contributed by atoms with van der Waals surface area (Å²) in [5, 5.41) is 15.6. The molecule has 0 saturated heterocycles. The van der Waals surface area contributed by atoms with E-state index >= 15 is 0 Å². The molecule has 124 valence electrons. The second kappa shape index (κ2) is 7.02. The fraction of sp³-hybridized carbons (Fsp3) is 0.150. The van der Waals surface area contributed by atoms with Crippen LogP contribution in [0.2, 0.25) is 0 Å². The highest BCUT2D eigenvalue weighted by Crippen LogP contribution is 2.22. The first-order valence-electron chi connectivity index (χ1n) is 8.00. The van der Waals surface area contributed by atoms with Gasteiger partial charge in [-0.2, -0.15) is 5.26 Å². The zero-order chi connectivity index (χ0) is 17.8. The molecule has 5 heteroatoms. The minimum absolute atomic E-state index is 0.601. The molecule has 2 N–H and O–H groups in total. The van der Waals surface area contributed by atoms with E-state index in [0.717, 1.165) is 17.2 Å². The number of aromatic nitrogens is 2. The van der Waals surface area contributed by atoms with Gasteiger partial charge in [0.1, 0.15) is 17.5 Å². The smallest absolute Gasteiger partial charge is 0.136 e. The maximum Gasteiger partial charge on any atom is 0.136 e. The summed E-state index contributed by atoms with van der Waals surface area (Å²) >= 11 is 0. The molecule has 0 saturated carbocycles. The molecule has 3 aromatic rings. The standard InChI is InChI=1S/C20H19N5/c1-13-7-14(2)9-18(8-13)25-20-11-19(22-15(3)23-20)24-17-6-4-5-16(10-17)12-21/h4-11H,1-3H3,(H2,22,23,24,25). The molecule has 1 aromatic heterocycles. The Morgan fingerprint density at radius 1 is 0.800 bits per heavy atom. The number of hydrogen-bond acceptors (Lipinski definition) is 5. The molecule has 0 radical (unpaired) electrons. The van der Waals surface area contributed by atoms with Gasteiger partial charge >= 0.3 is 0 Å². The molecular formula is C20H19N5. The van der Waals surface area contributed by atoms with Crippen LogP contribution in [-0.4, -0.2) is 9.97 Å². The van der Waals surface area contributed by atoms with Crippen molar-refractivity contribution in [3.8, 4) is 6.07 Å². The summed E-state index contributed by atoms with van der Waals surface area (Å²) in [6.07, 6.45) is 0. The van der Waals surface area contributed by atoms with Crippen LogP contribution < -0.4 is 10.6 Å². The van der Waals surface area contributed by atoms with E-state index in [1.54, 1.807) is 12.1 Å². The van der Waals surface area contributed by atoms with Crippen LogP contribution in [0.3, 0.4) is 0 Å². The van der Waals surface area contributed by atoms with E-state index in [2.05, 4.69) is 58.7 Å². The molecule has 0 bridgehead atoms. The van der Waals surface area contributed by atoms with E-state index in [9.17, 15) is 0 Å². The molecule has 0 aliphatic carbocycles. The van der Waals surface area contributed by atoms with Crippen molar-refractivity contribution in [1.82, 2.24) is 9.97 Å². The van der Waals surface area contributed by atoms with Crippen molar-refractivity contribution in [1.29, 1.82) is 5.26 Å². The van der Waals surface area contributed by atoms with Crippen molar-refractivity contribution in [2.75, 3.05) is 10.6 Å². The Balaban J connectivity index is 1.86. The zero-order valence-electron chi connectivity index (χ0n) is 14.5. The Morgan fingerprint density at radius 2 is 1.44 bits per heavy atom. The summed E-state index contributed by atoms with van der Waals surface area (Å²) in [6, 6.07) is 17.6. The van der Waals surface area contributed by atoms with Crippen LogP contribution in [0.5, 0.6) is 0 Å². The lowest BCUT2D eigenvalue weighted by atomic mass is 10.1. The number of nitriles is 1. The van der Waals surface area contributed by atoms with Gasteiger partial charge in [0.2, 0.25) is 0 Å². The average molecular weight is 329 g/mol. The Labute approximate surface area is 147 Å². The van der Waals surface area contributed by atoms with Crippen LogP contribution in [0.1, 0.15) is 22.5 Å². The van der Waals surface area contributed by atoms with Crippen molar-refractivity contribution < 1.29 is 0 Å². The third-order valence-corrected chi connectivity index (χ3v) is 3.60. The van der Waals surface area contributed by atoms with Crippen LogP contribution >= 0.6 is 0 Å². The van der Waals surface area contributed by atoms with Gasteiger partial charge in [-0.05, 0) is 62.2 Å². The minimum atomic E-state index is 0.601. The van der Waals surface area contributed by atoms with Crippen LogP contribution in [0.25, 0.3) is 0 Å². The Kier molecular flexibility index (Phi) is 4.62. The molecule has 0 fully saturated rings. The first kappa shape index (κ1) is 16.5. The number of nitrogens with zero attached hydrogens (tertiary/aromatic N) is 3. The Hall–Kier alpha value is -3.39. The van der Waals surface area contributed by atoms with Gasteiger partial charge in [-0.3, -0.25) is 0 Å². The summed E-state index contributed by atoms with van der Waals surface area (Å²) in [5.41, 5.74) is 4.80. The topological polar surface area (TPSA) is 73.6 Å². The second-order valence-electron chi connectivity index (χ2n) is 6.00. The number of anilines is 4. The molecule has 3 rings (SSSR count). The van der Waals surface area contributed by atoms with Crippen LogP contribution in [-0.2, 0) is 0 Å². The lowest BCUT2D eigenvalue weighted by Gasteiger charge is -2.11. The van der Waals surface area contributed by atoms with Gasteiger partial charge in [-0.15, -0.1) is 0 Å². The van der Waals surface area contributed by atoms with Gasteiger partial charge in [-0.1, -0.05) is 12.1 Å². The summed E-state index contributed by atoms with van der Waals surface area (Å²) < 4.78 is 0. The average Bonchev–Trinajstić information content (AvgIpc) is 2.53. The van der Waals surface area contributed by atoms with Gasteiger partial charge in [0.25, 0.3) is 0 Å². The molecule has 1 heterocycles. The van der Waals surface area contributed by atoms with E-state index in [1.807, 2.05) is 25.1 Å². The van der Waals surface area contributed by atoms with Crippen LogP contribution in [0.4, 0.5) is 23.0 Å². The van der Waals surface area contributed by atoms with E-state index in [1.165, 1.54) is 11.1 Å². The van der Waals surface area contributed by atoms with Crippen molar-refractivity contribution >= 4 is 23.0 Å². The van der Waals surface area contributed by atoms with Crippen molar-refractivity contribution in [2.24, 2.45) is 0 Å². The first-order chi connectivity index (χ1) is 12.0. The quantitative estimate of drug-likeness (QED) is 0.722. The third-order valence-electron chi connectivity index (χ3n) is 3.60. The number of nitrogens with one attached hydrogen (secondary N) is 2. The molecule has 0 spiro atoms. The van der Waals surface area contributed by atoms with Crippen molar-refractivity contribution in [3.63, 3.8) is 0 Å². The molecule has 5 nitrogen and oxygen atoms in total. The number of aryl methyl sites for hydroxylation is 3. The van der Waals surface area contributed by atoms with Crippen LogP contribution in [0, 0.1) is 32.1 Å². The summed E-state index contributed by atoms with van der Waals surface area (Å²) in [6.45, 7) is 5.99. The molecule has 0 aliphatic heterocycles. The summed E-state index contributed by atoms with van der Waals surface area (Å²) in [7, 11) is 0. The minimum Gasteiger partial charge on any atom is -0.340 e. The van der Waals surface area contributed by atoms with E-state index in [4.69, 9.17) is 5.26 Å². The predicted molar refractivity (Wildman–Crippen MR) is 100 cm³/mol. The molecule has 0 atom stereocenters. The summed E-state index contributed by atoms with van der Waals surface area (Å²) in [4.78, 5) is 8.87. The SMILES string of the molecule is Cc1cc(C)cc(Nc2cc(Nc3cccc(C#N)c3)nc(C)n2)c1. The van der Waals surface area contributed by atoms with Crippen molar-refractivity contribution in [3.05, 3.63) is 71.0 Å². The number of hydrogen-bond donors (Lipinski definition) is 2. The van der Waals surface area contributed by atoms with E-state index in [-0.39, 0.29) is 0 Å². The molecule has 25 heavy (non-hydrogen) atoms. The zero-order valence-corrected chi connectivity index (χ0v) is 14.5. The van der Waals surface area contributed by atoms with E-state index < -0.39 is 0 Å². The fourth-order valence-corrected chi connectivity index (χ4v) is 2.70. The largest absolute Gasteiger partial charge is 0.340 e. The highest BCUT2D eigenvalue weighted by molar-refractivity contribution is 5.64. The number of benzene rings is 2. The normalized spacial score (nSPS) is 10.2. The van der Waals surface area contributed by atoms with Gasteiger partial charge in [0.05, 0.1) is 11.6 Å². The number of rotatable bonds is 4. The van der Waals surface area contributed by atoms with Crippen molar-refractivity contribution in [2.45, 2.75) is 20.8 Å². The van der Waals surface area contributed by atoms with E-state index in [0.29, 0.717) is 17.2 Å². The Morgan fingerprint density at radius 3 is 2.08 bits per heavy atom. The predicted octanol–water partition coefficient (Wildman–Crippen LogP) is 4.76. The molecular weight excluding hydrogens is 310 g/mol. The monoisotopic (exact) mass is 329 g/mol. The molecule has 0 amide bonds. The fourth-order valence-electron chi connectivity index (χ4n) is 2.70. The Bertz CT molecular complexity index is 936. The third kappa shape index (κ3) is 4.33. The lowest BCUT2D eigenvalue weighted by molar-refractivity contribution is 1.06. The highest BCUT2D eigenvalue weighted by atomic mass is 15.1. The maximum atomic E-state index is 9.01. The molecule has 0 aliphatic rings. The molecule has 0 unspecified atom stereocenters. The lowest BCUT2D eigenvalue weighted by Crippen LogP contribution is -2.02.